The molecule has 160 valence electrons. The summed E-state index contributed by atoms with van der Waals surface area (Å²) < 4.78 is 53.8. The molecule has 0 spiro atoms. The Hall–Kier alpha value is -2.81. The predicted octanol–water partition coefficient (Wildman–Crippen LogP) is 4.62. The second-order valence-electron chi connectivity index (χ2n) is 7.11. The van der Waals surface area contributed by atoms with Crippen LogP contribution in [0.1, 0.15) is 21.5 Å². The van der Waals surface area contributed by atoms with Crippen LogP contribution in [0.3, 0.4) is 0 Å². The van der Waals surface area contributed by atoms with E-state index in [9.17, 15) is 22.0 Å². The summed E-state index contributed by atoms with van der Waals surface area (Å²) in [5, 5.41) is 3.08. The number of hydrogen-bond donors (Lipinski definition) is 1. The van der Waals surface area contributed by atoms with Crippen molar-refractivity contribution in [3.05, 3.63) is 94.0 Å². The summed E-state index contributed by atoms with van der Waals surface area (Å²) in [5.41, 5.74) is 2.14. The quantitative estimate of drug-likeness (QED) is 0.615. The number of benzene rings is 3. The summed E-state index contributed by atoms with van der Waals surface area (Å²) in [7, 11) is -3.70. The lowest BCUT2D eigenvalue weighted by atomic mass is 10.0. The van der Waals surface area contributed by atoms with Gasteiger partial charge in [-0.3, -0.25) is 4.79 Å². The van der Waals surface area contributed by atoms with Crippen molar-refractivity contribution >= 4 is 33.2 Å². The van der Waals surface area contributed by atoms with E-state index in [1.807, 2.05) is 6.07 Å². The number of nitrogens with zero attached hydrogens (tertiary/aromatic N) is 1. The van der Waals surface area contributed by atoms with Crippen molar-refractivity contribution in [3.8, 4) is 0 Å². The van der Waals surface area contributed by atoms with Gasteiger partial charge < -0.3 is 5.32 Å². The Morgan fingerprint density at radius 2 is 1.68 bits per heavy atom. The topological polar surface area (TPSA) is 66.5 Å². The van der Waals surface area contributed by atoms with Crippen molar-refractivity contribution in [2.24, 2.45) is 0 Å². The van der Waals surface area contributed by atoms with Gasteiger partial charge in [0.2, 0.25) is 10.0 Å². The van der Waals surface area contributed by atoms with Gasteiger partial charge in [0.05, 0.1) is 4.90 Å². The zero-order chi connectivity index (χ0) is 22.2. The Kier molecular flexibility index (Phi) is 5.79. The van der Waals surface area contributed by atoms with Crippen LogP contribution >= 0.6 is 11.6 Å². The molecule has 0 unspecified atom stereocenters. The SMILES string of the molecule is O=C(Nc1ccc2c(c1)CN(S(=O)(=O)c1ccc(Cl)cc1)CC2)c1ccc(F)c(F)c1. The van der Waals surface area contributed by atoms with Gasteiger partial charge in [-0.2, -0.15) is 4.31 Å². The number of anilines is 1. The van der Waals surface area contributed by atoms with E-state index >= 15 is 0 Å². The van der Waals surface area contributed by atoms with Gasteiger partial charge in [-0.05, 0) is 72.1 Å². The predicted molar refractivity (Wildman–Crippen MR) is 114 cm³/mol. The second-order valence-corrected chi connectivity index (χ2v) is 9.48. The average molecular weight is 463 g/mol. The van der Waals surface area contributed by atoms with Gasteiger partial charge in [0.15, 0.2) is 11.6 Å². The third-order valence-electron chi connectivity index (χ3n) is 5.07. The maximum Gasteiger partial charge on any atom is 0.255 e. The largest absolute Gasteiger partial charge is 0.322 e. The van der Waals surface area contributed by atoms with Crippen molar-refractivity contribution in [1.82, 2.24) is 4.31 Å². The number of carbonyl (C=O) groups excluding carboxylic acids is 1. The van der Waals surface area contributed by atoms with E-state index < -0.39 is 27.6 Å². The number of rotatable bonds is 4. The first-order valence-corrected chi connectivity index (χ1v) is 11.2. The number of halogens is 3. The fourth-order valence-electron chi connectivity index (χ4n) is 3.41. The smallest absolute Gasteiger partial charge is 0.255 e. The normalized spacial score (nSPS) is 14.2. The average Bonchev–Trinajstić information content (AvgIpc) is 2.75. The molecule has 0 saturated heterocycles. The molecule has 0 saturated carbocycles. The van der Waals surface area contributed by atoms with Crippen molar-refractivity contribution in [3.63, 3.8) is 0 Å². The number of fused-ring (bicyclic) bond motifs is 1. The summed E-state index contributed by atoms with van der Waals surface area (Å²) in [6.45, 7) is 0.480. The fourth-order valence-corrected chi connectivity index (χ4v) is 4.96. The maximum absolute atomic E-state index is 13.4. The highest BCUT2D eigenvalue weighted by atomic mass is 35.5. The summed E-state index contributed by atoms with van der Waals surface area (Å²) >= 11 is 5.85. The number of hydrogen-bond acceptors (Lipinski definition) is 3. The second kappa shape index (κ2) is 8.37. The van der Waals surface area contributed by atoms with E-state index in [2.05, 4.69) is 5.32 Å². The molecule has 1 N–H and O–H groups in total. The van der Waals surface area contributed by atoms with Crippen LogP contribution in [0.5, 0.6) is 0 Å². The molecule has 0 fully saturated rings. The van der Waals surface area contributed by atoms with Gasteiger partial charge in [0.25, 0.3) is 5.91 Å². The molecule has 3 aromatic carbocycles. The molecular formula is C22H17ClF2N2O3S. The molecular weight excluding hydrogens is 446 g/mol. The molecule has 1 aliphatic heterocycles. The molecule has 0 aliphatic carbocycles. The summed E-state index contributed by atoms with van der Waals surface area (Å²) in [4.78, 5) is 12.5. The lowest BCUT2D eigenvalue weighted by molar-refractivity contribution is 0.102. The van der Waals surface area contributed by atoms with Crippen LogP contribution in [-0.4, -0.2) is 25.2 Å². The van der Waals surface area contributed by atoms with Crippen LogP contribution in [-0.2, 0) is 23.0 Å². The van der Waals surface area contributed by atoms with E-state index in [-0.39, 0.29) is 17.0 Å². The zero-order valence-electron chi connectivity index (χ0n) is 16.1. The molecule has 1 amide bonds. The fraction of sp³-hybridized carbons (Fsp3) is 0.136. The molecule has 4 rings (SSSR count). The third kappa shape index (κ3) is 4.46. The zero-order valence-corrected chi connectivity index (χ0v) is 17.7. The van der Waals surface area contributed by atoms with Gasteiger partial charge >= 0.3 is 0 Å². The Labute approximate surface area is 183 Å². The molecule has 9 heteroatoms. The number of sulfonamides is 1. The molecule has 31 heavy (non-hydrogen) atoms. The van der Waals surface area contributed by atoms with Crippen LogP contribution in [0.2, 0.25) is 5.02 Å². The van der Waals surface area contributed by atoms with Crippen LogP contribution in [0.25, 0.3) is 0 Å². The highest BCUT2D eigenvalue weighted by molar-refractivity contribution is 7.89. The molecule has 0 aromatic heterocycles. The maximum atomic E-state index is 13.4. The van der Waals surface area contributed by atoms with Crippen LogP contribution in [0, 0.1) is 11.6 Å². The first-order valence-electron chi connectivity index (χ1n) is 9.38. The lowest BCUT2D eigenvalue weighted by Crippen LogP contribution is -2.36. The van der Waals surface area contributed by atoms with Gasteiger partial charge in [0, 0.05) is 29.4 Å². The molecule has 1 aliphatic rings. The molecule has 1 heterocycles. The number of amides is 1. The molecule has 0 radical (unpaired) electrons. The monoisotopic (exact) mass is 462 g/mol. The van der Waals surface area contributed by atoms with Crippen molar-refractivity contribution in [1.29, 1.82) is 0 Å². The van der Waals surface area contributed by atoms with Gasteiger partial charge in [0.1, 0.15) is 0 Å². The van der Waals surface area contributed by atoms with Gasteiger partial charge in [-0.15, -0.1) is 0 Å². The third-order valence-corrected chi connectivity index (χ3v) is 7.19. The first-order chi connectivity index (χ1) is 14.7. The van der Waals surface area contributed by atoms with E-state index in [1.54, 1.807) is 12.1 Å². The molecule has 0 bridgehead atoms. The highest BCUT2D eigenvalue weighted by Gasteiger charge is 2.28. The Morgan fingerprint density at radius 1 is 0.935 bits per heavy atom. The van der Waals surface area contributed by atoms with Crippen LogP contribution < -0.4 is 5.32 Å². The minimum absolute atomic E-state index is 0.0245. The van der Waals surface area contributed by atoms with E-state index in [0.29, 0.717) is 23.7 Å². The summed E-state index contributed by atoms with van der Waals surface area (Å²) in [6.07, 6.45) is 0.527. The van der Waals surface area contributed by atoms with Crippen LogP contribution in [0.15, 0.2) is 65.6 Å². The molecule has 0 atom stereocenters. The Bertz CT molecular complexity index is 1260. The minimum Gasteiger partial charge on any atom is -0.322 e. The van der Waals surface area contributed by atoms with Crippen molar-refractivity contribution in [2.75, 3.05) is 11.9 Å². The molecule has 3 aromatic rings. The number of nitrogens with one attached hydrogen (secondary N) is 1. The Balaban J connectivity index is 1.54. The van der Waals surface area contributed by atoms with Crippen molar-refractivity contribution in [2.45, 2.75) is 17.9 Å². The van der Waals surface area contributed by atoms with E-state index in [4.69, 9.17) is 11.6 Å². The molecule has 5 nitrogen and oxygen atoms in total. The number of carbonyl (C=O) groups is 1. The highest BCUT2D eigenvalue weighted by Crippen LogP contribution is 2.28. The summed E-state index contributed by atoms with van der Waals surface area (Å²) in [6, 6.07) is 14.1. The van der Waals surface area contributed by atoms with Crippen molar-refractivity contribution < 1.29 is 22.0 Å². The van der Waals surface area contributed by atoms with Gasteiger partial charge in [-0.25, -0.2) is 17.2 Å². The Morgan fingerprint density at radius 3 is 2.39 bits per heavy atom. The van der Waals surface area contributed by atoms with Crippen LogP contribution in [0.4, 0.5) is 14.5 Å². The minimum atomic E-state index is -3.70. The standard InChI is InChI=1S/C22H17ClF2N2O3S/c23-17-3-6-19(7-4-17)31(29,30)27-10-9-14-1-5-18(11-16(14)13-27)26-22(28)15-2-8-20(24)21(25)12-15/h1-8,11-12H,9-10,13H2,(H,26,28). The summed E-state index contributed by atoms with van der Waals surface area (Å²) in [5.74, 6) is -2.74. The van der Waals surface area contributed by atoms with E-state index in [1.165, 1.54) is 34.6 Å². The van der Waals surface area contributed by atoms with Gasteiger partial charge in [-0.1, -0.05) is 17.7 Å². The lowest BCUT2D eigenvalue weighted by Gasteiger charge is -2.28. The first kappa shape index (κ1) is 21.4. The van der Waals surface area contributed by atoms with E-state index in [0.717, 1.165) is 23.3 Å².